The smallest absolute Gasteiger partial charge is 0.260 e. The molecule has 8 heteroatoms. The highest BCUT2D eigenvalue weighted by atomic mass is 16.3. The summed E-state index contributed by atoms with van der Waals surface area (Å²) in [4.78, 5) is 28.1. The molecular weight excluding hydrogens is 286 g/mol. The quantitative estimate of drug-likeness (QED) is 0.827. The minimum Gasteiger partial charge on any atom is -0.378 e. The number of carbonyl (C=O) groups is 1. The van der Waals surface area contributed by atoms with Crippen molar-refractivity contribution in [3.63, 3.8) is 0 Å². The lowest BCUT2D eigenvalue weighted by molar-refractivity contribution is -0.133. The van der Waals surface area contributed by atoms with Gasteiger partial charge in [0, 0.05) is 18.8 Å². The average Bonchev–Trinajstić information content (AvgIpc) is 2.73. The Hall–Kier alpha value is -2.48. The number of pyridine rings is 1. The maximum atomic E-state index is 12.2. The minimum atomic E-state index is -1.77. The summed E-state index contributed by atoms with van der Waals surface area (Å²) in [6.45, 7) is 4.67. The number of anilines is 1. The van der Waals surface area contributed by atoms with Crippen molar-refractivity contribution in [2.45, 2.75) is 32.9 Å². The Morgan fingerprint density at radius 1 is 1.41 bits per heavy atom. The number of amides is 1. The second kappa shape index (κ2) is 5.72. The zero-order valence-corrected chi connectivity index (χ0v) is 13.0. The molecule has 2 N–H and O–H groups in total. The molecule has 0 saturated heterocycles. The molecule has 0 fully saturated rings. The summed E-state index contributed by atoms with van der Waals surface area (Å²) in [6.07, 6.45) is 0. The molecule has 1 atom stereocenters. The van der Waals surface area contributed by atoms with Crippen LogP contribution in [0.3, 0.4) is 0 Å². The Morgan fingerprint density at radius 2 is 2.09 bits per heavy atom. The second-order valence-electron chi connectivity index (χ2n) is 5.43. The van der Waals surface area contributed by atoms with Crippen molar-refractivity contribution in [1.29, 1.82) is 0 Å². The standard InChI is InChI=1S/C14H19N5O3/c1-9-6-5-7-11(20)19(9)8-14(3,22)12(21)16-13-15-10(2)18(4)17-13/h5-7,22H,8H2,1-4H3,(H,16,17,21). The number of aromatic nitrogens is 4. The number of aryl methyl sites for hydroxylation is 3. The summed E-state index contributed by atoms with van der Waals surface area (Å²) in [5.74, 6) is 0.0701. The summed E-state index contributed by atoms with van der Waals surface area (Å²) in [7, 11) is 1.70. The number of hydrogen-bond donors (Lipinski definition) is 2. The van der Waals surface area contributed by atoms with E-state index in [0.29, 0.717) is 11.5 Å². The fraction of sp³-hybridized carbons (Fsp3) is 0.429. The van der Waals surface area contributed by atoms with E-state index >= 15 is 0 Å². The van der Waals surface area contributed by atoms with E-state index in [9.17, 15) is 14.7 Å². The van der Waals surface area contributed by atoms with Gasteiger partial charge in [0.2, 0.25) is 5.95 Å². The van der Waals surface area contributed by atoms with Crippen LogP contribution in [0.1, 0.15) is 18.4 Å². The zero-order valence-electron chi connectivity index (χ0n) is 13.0. The van der Waals surface area contributed by atoms with E-state index in [1.54, 1.807) is 33.0 Å². The van der Waals surface area contributed by atoms with E-state index in [2.05, 4.69) is 15.4 Å². The molecule has 0 aliphatic carbocycles. The minimum absolute atomic E-state index is 0.113. The summed E-state index contributed by atoms with van der Waals surface area (Å²) in [5.41, 5.74) is -1.39. The predicted octanol–water partition coefficient (Wildman–Crippen LogP) is -0.0167. The molecule has 2 rings (SSSR count). The van der Waals surface area contributed by atoms with Crippen LogP contribution in [0.5, 0.6) is 0 Å². The number of carbonyl (C=O) groups excluding carboxylic acids is 1. The molecule has 22 heavy (non-hydrogen) atoms. The van der Waals surface area contributed by atoms with E-state index < -0.39 is 11.5 Å². The molecule has 0 aliphatic rings. The molecular formula is C14H19N5O3. The predicted molar refractivity (Wildman–Crippen MR) is 80.4 cm³/mol. The first kappa shape index (κ1) is 15.9. The molecule has 0 aliphatic heterocycles. The molecule has 118 valence electrons. The van der Waals surface area contributed by atoms with Gasteiger partial charge in [-0.3, -0.25) is 19.6 Å². The molecule has 2 heterocycles. The third kappa shape index (κ3) is 3.22. The molecule has 0 radical (unpaired) electrons. The number of nitrogens with one attached hydrogen (secondary N) is 1. The van der Waals surface area contributed by atoms with E-state index in [1.807, 2.05) is 0 Å². The van der Waals surface area contributed by atoms with Gasteiger partial charge in [-0.05, 0) is 26.8 Å². The first-order chi connectivity index (χ1) is 10.2. The molecule has 2 aromatic heterocycles. The van der Waals surface area contributed by atoms with Crippen LogP contribution in [0, 0.1) is 13.8 Å². The van der Waals surface area contributed by atoms with Crippen molar-refractivity contribution in [2.24, 2.45) is 7.05 Å². The molecule has 0 bridgehead atoms. The highest BCUT2D eigenvalue weighted by Crippen LogP contribution is 2.11. The summed E-state index contributed by atoms with van der Waals surface area (Å²) in [5, 5.41) is 16.8. The Bertz CT molecular complexity index is 741. The lowest BCUT2D eigenvalue weighted by Gasteiger charge is -2.23. The van der Waals surface area contributed by atoms with Gasteiger partial charge in [0.05, 0.1) is 6.54 Å². The first-order valence-corrected chi connectivity index (χ1v) is 6.78. The summed E-state index contributed by atoms with van der Waals surface area (Å²) in [6, 6.07) is 4.74. The third-order valence-electron chi connectivity index (χ3n) is 3.43. The van der Waals surface area contributed by atoms with E-state index in [1.165, 1.54) is 22.2 Å². The fourth-order valence-corrected chi connectivity index (χ4v) is 1.96. The van der Waals surface area contributed by atoms with Crippen LogP contribution in [-0.4, -0.2) is 35.9 Å². The number of aliphatic hydroxyl groups is 1. The highest BCUT2D eigenvalue weighted by molar-refractivity contribution is 5.95. The number of rotatable bonds is 4. The van der Waals surface area contributed by atoms with Gasteiger partial charge in [-0.15, -0.1) is 5.10 Å². The molecule has 8 nitrogen and oxygen atoms in total. The third-order valence-corrected chi connectivity index (χ3v) is 3.43. The molecule has 0 saturated carbocycles. The molecule has 2 aromatic rings. The van der Waals surface area contributed by atoms with E-state index in [4.69, 9.17) is 0 Å². The molecule has 1 unspecified atom stereocenters. The molecule has 0 aromatic carbocycles. The average molecular weight is 305 g/mol. The Balaban J connectivity index is 2.19. The lowest BCUT2D eigenvalue weighted by Crippen LogP contribution is -2.46. The van der Waals surface area contributed by atoms with Crippen molar-refractivity contribution >= 4 is 11.9 Å². The van der Waals surface area contributed by atoms with Crippen molar-refractivity contribution in [2.75, 3.05) is 5.32 Å². The Labute approximate surface area is 127 Å². The van der Waals surface area contributed by atoms with Crippen LogP contribution in [0.2, 0.25) is 0 Å². The maximum Gasteiger partial charge on any atom is 0.260 e. The molecule has 0 spiro atoms. The topological polar surface area (TPSA) is 102 Å². The van der Waals surface area contributed by atoms with Crippen molar-refractivity contribution in [3.05, 3.63) is 40.1 Å². The fourth-order valence-electron chi connectivity index (χ4n) is 1.96. The number of nitrogens with zero attached hydrogens (tertiary/aromatic N) is 4. The van der Waals surface area contributed by atoms with Gasteiger partial charge in [0.25, 0.3) is 11.5 Å². The van der Waals surface area contributed by atoms with Crippen LogP contribution in [-0.2, 0) is 18.4 Å². The van der Waals surface area contributed by atoms with Crippen molar-refractivity contribution < 1.29 is 9.90 Å². The Kier molecular flexibility index (Phi) is 4.14. The monoisotopic (exact) mass is 305 g/mol. The largest absolute Gasteiger partial charge is 0.378 e. The van der Waals surface area contributed by atoms with Crippen LogP contribution < -0.4 is 10.9 Å². The van der Waals surface area contributed by atoms with E-state index in [0.717, 1.165) is 0 Å². The summed E-state index contributed by atoms with van der Waals surface area (Å²) < 4.78 is 2.85. The van der Waals surface area contributed by atoms with Gasteiger partial charge in [-0.1, -0.05) is 6.07 Å². The van der Waals surface area contributed by atoms with Gasteiger partial charge >= 0.3 is 0 Å². The lowest BCUT2D eigenvalue weighted by atomic mass is 10.1. The van der Waals surface area contributed by atoms with Crippen LogP contribution in [0.4, 0.5) is 5.95 Å². The normalized spacial score (nSPS) is 13.7. The van der Waals surface area contributed by atoms with Gasteiger partial charge in [-0.2, -0.15) is 4.98 Å². The maximum absolute atomic E-state index is 12.2. The van der Waals surface area contributed by atoms with Gasteiger partial charge < -0.3 is 9.67 Å². The number of hydrogen-bond acceptors (Lipinski definition) is 5. The van der Waals surface area contributed by atoms with Crippen LogP contribution in [0.25, 0.3) is 0 Å². The van der Waals surface area contributed by atoms with Crippen LogP contribution in [0.15, 0.2) is 23.0 Å². The second-order valence-corrected chi connectivity index (χ2v) is 5.43. The highest BCUT2D eigenvalue weighted by Gasteiger charge is 2.32. The zero-order chi connectivity index (χ0) is 16.5. The van der Waals surface area contributed by atoms with Gasteiger partial charge in [0.1, 0.15) is 5.82 Å². The van der Waals surface area contributed by atoms with E-state index in [-0.39, 0.29) is 18.1 Å². The van der Waals surface area contributed by atoms with Crippen molar-refractivity contribution in [3.8, 4) is 0 Å². The van der Waals surface area contributed by atoms with Gasteiger partial charge in [-0.25, -0.2) is 0 Å². The Morgan fingerprint density at radius 3 is 2.64 bits per heavy atom. The van der Waals surface area contributed by atoms with Crippen molar-refractivity contribution in [1.82, 2.24) is 19.3 Å². The van der Waals surface area contributed by atoms with Gasteiger partial charge in [0.15, 0.2) is 5.60 Å². The SMILES string of the molecule is Cc1nc(NC(=O)C(C)(O)Cn2c(C)cccc2=O)nn1C. The molecule has 1 amide bonds. The first-order valence-electron chi connectivity index (χ1n) is 6.78. The summed E-state index contributed by atoms with van der Waals surface area (Å²) >= 11 is 0. The van der Waals surface area contributed by atoms with Crippen LogP contribution >= 0.6 is 0 Å².